The third kappa shape index (κ3) is 3.30. The minimum Gasteiger partial charge on any atom is -0.478 e. The lowest BCUT2D eigenvalue weighted by Gasteiger charge is -2.13. The van der Waals surface area contributed by atoms with Crippen molar-refractivity contribution in [3.8, 4) is 0 Å². The predicted octanol–water partition coefficient (Wildman–Crippen LogP) is 3.35. The van der Waals surface area contributed by atoms with Crippen molar-refractivity contribution in [2.45, 2.75) is 18.1 Å². The Labute approximate surface area is 110 Å². The number of hydrogen-bond acceptors (Lipinski definition) is 3. The first kappa shape index (κ1) is 12.6. The summed E-state index contributed by atoms with van der Waals surface area (Å²) in [5.41, 5.74) is 0.884. The van der Waals surface area contributed by atoms with Gasteiger partial charge in [0.1, 0.15) is 0 Å². The fourth-order valence-electron chi connectivity index (χ4n) is 1.88. The molecule has 17 heavy (non-hydrogen) atoms. The minimum absolute atomic E-state index is 0.275. The number of thioether (sulfide) groups is 1. The second-order valence-electron chi connectivity index (χ2n) is 4.01. The number of carboxylic acid groups (broad SMARTS) is 1. The second kappa shape index (κ2) is 5.65. The molecule has 1 aliphatic heterocycles. The molecule has 1 aromatic carbocycles. The molecule has 1 heterocycles. The van der Waals surface area contributed by atoms with Crippen molar-refractivity contribution in [2.24, 2.45) is 0 Å². The highest BCUT2D eigenvalue weighted by atomic mass is 35.5. The Hall–Kier alpha value is -0.870. The highest BCUT2D eigenvalue weighted by Crippen LogP contribution is 2.27. The van der Waals surface area contributed by atoms with E-state index in [0.717, 1.165) is 6.54 Å². The summed E-state index contributed by atoms with van der Waals surface area (Å²) in [5.74, 6) is 0.275. The van der Waals surface area contributed by atoms with E-state index in [-0.39, 0.29) is 5.56 Å². The van der Waals surface area contributed by atoms with E-state index in [4.69, 9.17) is 16.7 Å². The number of anilines is 1. The molecule has 2 rings (SSSR count). The third-order valence-electron chi connectivity index (χ3n) is 2.76. The lowest BCUT2D eigenvalue weighted by molar-refractivity contribution is 0.0698. The van der Waals surface area contributed by atoms with Gasteiger partial charge >= 0.3 is 5.97 Å². The van der Waals surface area contributed by atoms with Crippen molar-refractivity contribution in [2.75, 3.05) is 17.6 Å². The molecule has 0 amide bonds. The van der Waals surface area contributed by atoms with Gasteiger partial charge in [-0.2, -0.15) is 11.8 Å². The van der Waals surface area contributed by atoms with Crippen molar-refractivity contribution < 1.29 is 9.90 Å². The van der Waals surface area contributed by atoms with Gasteiger partial charge in [0.05, 0.1) is 11.3 Å². The molecule has 92 valence electrons. The van der Waals surface area contributed by atoms with Gasteiger partial charge in [0.15, 0.2) is 0 Å². The maximum Gasteiger partial charge on any atom is 0.337 e. The van der Waals surface area contributed by atoms with Crippen LogP contribution in [0.25, 0.3) is 0 Å². The number of benzene rings is 1. The summed E-state index contributed by atoms with van der Waals surface area (Å²) in [5, 5.41) is 13.4. The van der Waals surface area contributed by atoms with Crippen LogP contribution in [0.4, 0.5) is 5.69 Å². The predicted molar refractivity (Wildman–Crippen MR) is 72.4 cm³/mol. The molecule has 0 aliphatic carbocycles. The molecule has 3 nitrogen and oxygen atoms in total. The molecule has 1 saturated heterocycles. The average Bonchev–Trinajstić information content (AvgIpc) is 2.78. The number of halogens is 1. The first-order chi connectivity index (χ1) is 8.16. The molecule has 2 N–H and O–H groups in total. The molecule has 1 unspecified atom stereocenters. The molecular weight excluding hydrogens is 258 g/mol. The minimum atomic E-state index is -0.928. The number of carboxylic acids is 1. The van der Waals surface area contributed by atoms with Crippen molar-refractivity contribution in [1.29, 1.82) is 0 Å². The molecule has 0 spiro atoms. The molecule has 5 heteroatoms. The zero-order valence-corrected chi connectivity index (χ0v) is 10.9. The summed E-state index contributed by atoms with van der Waals surface area (Å²) >= 11 is 7.82. The first-order valence-electron chi connectivity index (χ1n) is 5.55. The molecule has 0 aromatic heterocycles. The van der Waals surface area contributed by atoms with Crippen LogP contribution in [0.2, 0.25) is 5.02 Å². The van der Waals surface area contributed by atoms with Gasteiger partial charge in [0, 0.05) is 16.8 Å². The molecule has 0 bridgehead atoms. The molecule has 1 aromatic rings. The van der Waals surface area contributed by atoms with E-state index in [1.165, 1.54) is 24.7 Å². The highest BCUT2D eigenvalue weighted by molar-refractivity contribution is 8.00. The first-order valence-corrected chi connectivity index (χ1v) is 6.98. The number of rotatable bonds is 4. The SMILES string of the molecule is O=C(O)c1ccc(Cl)cc1NCC1CCCS1. The summed E-state index contributed by atoms with van der Waals surface area (Å²) in [6.45, 7) is 0.797. The van der Waals surface area contributed by atoms with Gasteiger partial charge in [0.25, 0.3) is 0 Å². The van der Waals surface area contributed by atoms with Gasteiger partial charge in [-0.15, -0.1) is 0 Å². The van der Waals surface area contributed by atoms with Gasteiger partial charge in [-0.25, -0.2) is 4.79 Å². The van der Waals surface area contributed by atoms with E-state index >= 15 is 0 Å². The molecule has 0 radical (unpaired) electrons. The monoisotopic (exact) mass is 271 g/mol. The van der Waals surface area contributed by atoms with Gasteiger partial charge < -0.3 is 10.4 Å². The second-order valence-corrected chi connectivity index (χ2v) is 5.86. The van der Waals surface area contributed by atoms with Gasteiger partial charge in [-0.3, -0.25) is 0 Å². The van der Waals surface area contributed by atoms with Crippen LogP contribution in [0.1, 0.15) is 23.2 Å². The van der Waals surface area contributed by atoms with E-state index in [1.807, 2.05) is 11.8 Å². The highest BCUT2D eigenvalue weighted by Gasteiger charge is 2.16. The fraction of sp³-hybridized carbons (Fsp3) is 0.417. The summed E-state index contributed by atoms with van der Waals surface area (Å²) in [7, 11) is 0. The molecule has 1 aliphatic rings. The standard InChI is InChI=1S/C12H14ClNO2S/c13-8-3-4-10(12(15)16)11(6-8)14-7-9-2-1-5-17-9/h3-4,6,9,14H,1-2,5,7H2,(H,15,16). The Morgan fingerprint density at radius 1 is 1.59 bits per heavy atom. The van der Waals surface area contributed by atoms with E-state index in [0.29, 0.717) is 16.0 Å². The number of nitrogens with one attached hydrogen (secondary N) is 1. The Kier molecular flexibility index (Phi) is 4.18. The van der Waals surface area contributed by atoms with Crippen LogP contribution in [0.5, 0.6) is 0 Å². The topological polar surface area (TPSA) is 49.3 Å². The third-order valence-corrected chi connectivity index (χ3v) is 4.39. The van der Waals surface area contributed by atoms with Crippen LogP contribution in [-0.2, 0) is 0 Å². The molecule has 1 fully saturated rings. The fourth-order valence-corrected chi connectivity index (χ4v) is 3.25. The number of aromatic carboxylic acids is 1. The summed E-state index contributed by atoms with van der Waals surface area (Å²) in [4.78, 5) is 11.0. The average molecular weight is 272 g/mol. The largest absolute Gasteiger partial charge is 0.478 e. The zero-order chi connectivity index (χ0) is 12.3. The lowest BCUT2D eigenvalue weighted by atomic mass is 10.1. The van der Waals surface area contributed by atoms with Crippen LogP contribution >= 0.6 is 23.4 Å². The Morgan fingerprint density at radius 2 is 2.41 bits per heavy atom. The summed E-state index contributed by atoms with van der Waals surface area (Å²) in [6.07, 6.45) is 2.44. The van der Waals surface area contributed by atoms with Crippen molar-refractivity contribution >= 4 is 35.0 Å². The van der Waals surface area contributed by atoms with Crippen LogP contribution in [0.15, 0.2) is 18.2 Å². The van der Waals surface area contributed by atoms with Crippen LogP contribution in [-0.4, -0.2) is 28.6 Å². The Morgan fingerprint density at radius 3 is 3.06 bits per heavy atom. The Bertz CT molecular complexity index is 419. The Balaban J connectivity index is 2.07. The molecule has 0 saturated carbocycles. The van der Waals surface area contributed by atoms with Gasteiger partial charge in [0.2, 0.25) is 0 Å². The summed E-state index contributed by atoms with van der Waals surface area (Å²) < 4.78 is 0. The van der Waals surface area contributed by atoms with Gasteiger partial charge in [-0.05, 0) is 36.8 Å². The van der Waals surface area contributed by atoms with Crippen LogP contribution in [0.3, 0.4) is 0 Å². The van der Waals surface area contributed by atoms with E-state index in [1.54, 1.807) is 12.1 Å². The van der Waals surface area contributed by atoms with Gasteiger partial charge in [-0.1, -0.05) is 11.6 Å². The lowest BCUT2D eigenvalue weighted by Crippen LogP contribution is -2.15. The van der Waals surface area contributed by atoms with Crippen molar-refractivity contribution in [3.63, 3.8) is 0 Å². The number of carbonyl (C=O) groups is 1. The summed E-state index contributed by atoms with van der Waals surface area (Å²) in [6, 6.07) is 4.81. The van der Waals surface area contributed by atoms with E-state index in [9.17, 15) is 4.79 Å². The van der Waals surface area contributed by atoms with E-state index in [2.05, 4.69) is 5.32 Å². The maximum atomic E-state index is 11.0. The zero-order valence-electron chi connectivity index (χ0n) is 9.28. The number of hydrogen-bond donors (Lipinski definition) is 2. The quantitative estimate of drug-likeness (QED) is 0.882. The smallest absolute Gasteiger partial charge is 0.337 e. The normalized spacial score (nSPS) is 19.2. The molecular formula is C12H14ClNO2S. The maximum absolute atomic E-state index is 11.0. The van der Waals surface area contributed by atoms with E-state index < -0.39 is 5.97 Å². The van der Waals surface area contributed by atoms with Crippen LogP contribution in [0, 0.1) is 0 Å². The molecule has 1 atom stereocenters. The van der Waals surface area contributed by atoms with Crippen molar-refractivity contribution in [3.05, 3.63) is 28.8 Å². The van der Waals surface area contributed by atoms with Crippen LogP contribution < -0.4 is 5.32 Å². The van der Waals surface area contributed by atoms with Crippen molar-refractivity contribution in [1.82, 2.24) is 0 Å².